The highest BCUT2D eigenvalue weighted by Gasteiger charge is 2.40. The Labute approximate surface area is 251 Å². The molecule has 5 nitrogen and oxygen atoms in total. The molecule has 0 spiro atoms. The first-order valence-electron chi connectivity index (χ1n) is 14.5. The highest BCUT2D eigenvalue weighted by molar-refractivity contribution is 6.14. The number of aromatic nitrogens is 3. The molecule has 0 radical (unpaired) electrons. The monoisotopic (exact) mass is 557 g/mol. The van der Waals surface area contributed by atoms with E-state index < -0.39 is 5.54 Å². The van der Waals surface area contributed by atoms with Gasteiger partial charge in [0.2, 0.25) is 5.96 Å². The summed E-state index contributed by atoms with van der Waals surface area (Å²) in [4.78, 5) is 15.9. The third-order valence-corrected chi connectivity index (χ3v) is 8.08. The van der Waals surface area contributed by atoms with E-state index >= 15 is 0 Å². The van der Waals surface area contributed by atoms with E-state index in [1.54, 1.807) is 0 Å². The van der Waals surface area contributed by atoms with Gasteiger partial charge >= 0.3 is 0 Å². The van der Waals surface area contributed by atoms with E-state index in [9.17, 15) is 0 Å². The lowest BCUT2D eigenvalue weighted by molar-refractivity contribution is 0.496. The summed E-state index contributed by atoms with van der Waals surface area (Å²) >= 11 is 0. The molecular weight excluding hydrogens is 526 g/mol. The van der Waals surface area contributed by atoms with Gasteiger partial charge in [0.15, 0.2) is 5.82 Å². The van der Waals surface area contributed by atoms with Crippen LogP contribution in [0.25, 0.3) is 38.6 Å². The number of nitrogens with zero attached hydrogens (tertiary/aromatic N) is 4. The van der Waals surface area contributed by atoms with E-state index in [0.29, 0.717) is 11.8 Å². The lowest BCUT2D eigenvalue weighted by Gasteiger charge is -2.37. The molecule has 7 rings (SSSR count). The lowest BCUT2D eigenvalue weighted by atomic mass is 9.86. The van der Waals surface area contributed by atoms with E-state index in [0.717, 1.165) is 44.8 Å². The normalized spacial score (nSPS) is 16.7. The number of nitrogens with one attached hydrogen (secondary N) is 1. The molecule has 1 unspecified atom stereocenters. The van der Waals surface area contributed by atoms with Crippen LogP contribution < -0.4 is 5.32 Å². The average molecular weight is 558 g/mol. The Bertz CT molecular complexity index is 2030. The van der Waals surface area contributed by atoms with Gasteiger partial charge in [-0.15, -0.1) is 0 Å². The number of hydrogen-bond donors (Lipinski definition) is 1. The molecule has 0 saturated heterocycles. The predicted molar refractivity (Wildman–Crippen MR) is 178 cm³/mol. The minimum Gasteiger partial charge on any atom is -0.340 e. The number of aliphatic imine (C=N–C) groups is 1. The minimum absolute atomic E-state index is 0.582. The van der Waals surface area contributed by atoms with Gasteiger partial charge in [0, 0.05) is 21.9 Å². The van der Waals surface area contributed by atoms with Gasteiger partial charge in [0.1, 0.15) is 11.2 Å². The van der Waals surface area contributed by atoms with Crippen molar-refractivity contribution in [3.8, 4) is 11.3 Å². The summed E-state index contributed by atoms with van der Waals surface area (Å²) in [6.45, 7) is 8.27. The van der Waals surface area contributed by atoms with Crippen LogP contribution in [-0.2, 0) is 5.54 Å². The van der Waals surface area contributed by atoms with Crippen LogP contribution in [0.5, 0.6) is 0 Å². The molecule has 1 aliphatic heterocycles. The van der Waals surface area contributed by atoms with Crippen LogP contribution in [-0.4, -0.2) is 20.5 Å². The molecule has 4 aromatic carbocycles. The smallest absolute Gasteiger partial charge is 0.211 e. The molecule has 208 valence electrons. The summed E-state index contributed by atoms with van der Waals surface area (Å²) in [6, 6.07) is 37.5. The second kappa shape index (κ2) is 10.7. The largest absolute Gasteiger partial charge is 0.340 e. The summed E-state index contributed by atoms with van der Waals surface area (Å²) < 4.78 is 2.20. The van der Waals surface area contributed by atoms with Crippen molar-refractivity contribution in [1.29, 1.82) is 0 Å². The van der Waals surface area contributed by atoms with Crippen LogP contribution in [0.15, 0.2) is 145 Å². The SMILES string of the molecule is C=C/C(=C\C=C/C)c1nc2c(nc1-c1ccccc1)N=C(n1c3ccccc3c3ccccc31)NC2(C)c1ccccc1. The number of rotatable bonds is 5. The number of allylic oxidation sites excluding steroid dienone is 5. The van der Waals surface area contributed by atoms with Gasteiger partial charge < -0.3 is 5.32 Å². The van der Waals surface area contributed by atoms with E-state index in [1.165, 1.54) is 10.8 Å². The Morgan fingerprint density at radius 1 is 0.791 bits per heavy atom. The van der Waals surface area contributed by atoms with Crippen molar-refractivity contribution >= 4 is 39.2 Å². The number of fused-ring (bicyclic) bond motifs is 4. The quantitative estimate of drug-likeness (QED) is 0.216. The Morgan fingerprint density at radius 2 is 1.40 bits per heavy atom. The van der Waals surface area contributed by atoms with Gasteiger partial charge in [-0.3, -0.25) is 4.57 Å². The molecule has 2 aromatic heterocycles. The van der Waals surface area contributed by atoms with Crippen LogP contribution in [0.1, 0.15) is 30.8 Å². The van der Waals surface area contributed by atoms with Crippen LogP contribution >= 0.6 is 0 Å². The Kier molecular flexibility index (Phi) is 6.55. The van der Waals surface area contributed by atoms with Gasteiger partial charge in [-0.25, -0.2) is 9.97 Å². The van der Waals surface area contributed by atoms with Crippen molar-refractivity contribution in [2.24, 2.45) is 4.99 Å². The van der Waals surface area contributed by atoms with Crippen molar-refractivity contribution in [2.75, 3.05) is 0 Å². The molecule has 5 heteroatoms. The minimum atomic E-state index is -0.732. The zero-order valence-electron chi connectivity index (χ0n) is 24.2. The first kappa shape index (κ1) is 26.4. The first-order chi connectivity index (χ1) is 21.1. The molecule has 1 N–H and O–H groups in total. The molecule has 0 saturated carbocycles. The second-order valence-electron chi connectivity index (χ2n) is 10.7. The maximum absolute atomic E-state index is 5.37. The predicted octanol–water partition coefficient (Wildman–Crippen LogP) is 8.80. The third-order valence-electron chi connectivity index (χ3n) is 8.08. The number of hydrogen-bond acceptors (Lipinski definition) is 4. The van der Waals surface area contributed by atoms with E-state index in [1.807, 2.05) is 55.5 Å². The average Bonchev–Trinajstić information content (AvgIpc) is 3.40. The fraction of sp³-hybridized carbons (Fsp3) is 0.0789. The fourth-order valence-corrected chi connectivity index (χ4v) is 5.93. The highest BCUT2D eigenvalue weighted by atomic mass is 15.3. The second-order valence-corrected chi connectivity index (χ2v) is 10.7. The Hall–Kier alpha value is -5.55. The van der Waals surface area contributed by atoms with Crippen molar-refractivity contribution in [3.63, 3.8) is 0 Å². The van der Waals surface area contributed by atoms with Crippen LogP contribution in [0, 0.1) is 0 Å². The van der Waals surface area contributed by atoms with Crippen LogP contribution in [0.4, 0.5) is 5.82 Å². The fourth-order valence-electron chi connectivity index (χ4n) is 5.93. The summed E-state index contributed by atoms with van der Waals surface area (Å²) in [5.74, 6) is 1.28. The maximum Gasteiger partial charge on any atom is 0.211 e. The molecule has 3 heterocycles. The zero-order chi connectivity index (χ0) is 29.4. The van der Waals surface area contributed by atoms with E-state index in [-0.39, 0.29) is 0 Å². The van der Waals surface area contributed by atoms with Gasteiger partial charge in [0.25, 0.3) is 0 Å². The van der Waals surface area contributed by atoms with Crippen molar-refractivity contribution < 1.29 is 0 Å². The molecular formula is C38H31N5. The molecule has 0 fully saturated rings. The molecule has 6 aromatic rings. The summed E-state index contributed by atoms with van der Waals surface area (Å²) in [7, 11) is 0. The van der Waals surface area contributed by atoms with E-state index in [2.05, 4.69) is 108 Å². The number of para-hydroxylation sites is 2. The maximum atomic E-state index is 5.37. The first-order valence-corrected chi connectivity index (χ1v) is 14.5. The van der Waals surface area contributed by atoms with Gasteiger partial charge in [-0.2, -0.15) is 4.99 Å². The molecule has 0 amide bonds. The number of benzene rings is 4. The lowest BCUT2D eigenvalue weighted by Crippen LogP contribution is -2.49. The van der Waals surface area contributed by atoms with Gasteiger partial charge in [-0.1, -0.05) is 128 Å². The molecule has 0 bridgehead atoms. The molecule has 1 atom stereocenters. The van der Waals surface area contributed by atoms with Gasteiger partial charge in [0.05, 0.1) is 22.4 Å². The molecule has 1 aliphatic rings. The van der Waals surface area contributed by atoms with Crippen molar-refractivity contribution in [2.45, 2.75) is 19.4 Å². The summed E-state index contributed by atoms with van der Waals surface area (Å²) in [5, 5.41) is 6.17. The zero-order valence-corrected chi connectivity index (χ0v) is 24.2. The Balaban J connectivity index is 1.57. The van der Waals surface area contributed by atoms with E-state index in [4.69, 9.17) is 15.0 Å². The molecule has 0 aliphatic carbocycles. The van der Waals surface area contributed by atoms with Crippen LogP contribution in [0.2, 0.25) is 0 Å². The third kappa shape index (κ3) is 4.37. The highest BCUT2D eigenvalue weighted by Crippen LogP contribution is 2.41. The van der Waals surface area contributed by atoms with Crippen molar-refractivity contribution in [1.82, 2.24) is 19.9 Å². The van der Waals surface area contributed by atoms with Gasteiger partial charge in [-0.05, 0) is 31.5 Å². The van der Waals surface area contributed by atoms with Crippen molar-refractivity contribution in [3.05, 3.63) is 157 Å². The summed E-state index contributed by atoms with van der Waals surface area (Å²) in [5.41, 5.74) is 6.62. The standard InChI is InChI=1S/C38H31N5/c1-4-6-17-26(5-2)33-34(27-18-9-7-10-19-27)40-36-35(39-33)38(3,28-20-11-8-12-21-28)42-37(41-36)43-31-24-15-13-22-29(31)30-23-14-16-25-32(30)43/h4-25H,2H2,1,3H3,(H,40,41,42)/b6-4-,26-17+. The summed E-state index contributed by atoms with van der Waals surface area (Å²) in [6.07, 6.45) is 7.86. The Morgan fingerprint density at radius 3 is 2.02 bits per heavy atom. The topological polar surface area (TPSA) is 55.1 Å². The van der Waals surface area contributed by atoms with Crippen LogP contribution in [0.3, 0.4) is 0 Å². The molecule has 43 heavy (non-hydrogen) atoms.